The lowest BCUT2D eigenvalue weighted by Gasteiger charge is -2.35. The van der Waals surface area contributed by atoms with Gasteiger partial charge in [0.2, 0.25) is 5.95 Å². The molecule has 1 aromatic heterocycles. The molecule has 4 heteroatoms. The highest BCUT2D eigenvalue weighted by Crippen LogP contribution is 2.24. The van der Waals surface area contributed by atoms with Gasteiger partial charge in [-0.05, 0) is 44.1 Å². The number of rotatable bonds is 6. The quantitative estimate of drug-likeness (QED) is 0.868. The van der Waals surface area contributed by atoms with Crippen LogP contribution in [0.25, 0.3) is 0 Å². The molecule has 2 N–H and O–H groups in total. The van der Waals surface area contributed by atoms with Gasteiger partial charge in [-0.15, -0.1) is 0 Å². The van der Waals surface area contributed by atoms with E-state index in [0.29, 0.717) is 6.04 Å². The zero-order chi connectivity index (χ0) is 14.4. The molecule has 1 aliphatic heterocycles. The van der Waals surface area contributed by atoms with Crippen LogP contribution in [0.1, 0.15) is 57.9 Å². The van der Waals surface area contributed by atoms with Gasteiger partial charge in [-0.3, -0.25) is 0 Å². The van der Waals surface area contributed by atoms with Crippen molar-refractivity contribution >= 4 is 5.95 Å². The Hall–Kier alpha value is -1.16. The highest BCUT2D eigenvalue weighted by Gasteiger charge is 2.23. The number of nitrogens with zero attached hydrogens (tertiary/aromatic N) is 3. The standard InChI is InChI=1S/C16H28N4/c1-3-7-15-8-5-6-9-20(15)16-18-11-13(12-19-16)10-14(17)4-2/h11-12,14-15H,3-10,17H2,1-2H3. The summed E-state index contributed by atoms with van der Waals surface area (Å²) in [5, 5.41) is 0. The van der Waals surface area contributed by atoms with Crippen LogP contribution < -0.4 is 10.6 Å². The predicted molar refractivity (Wildman–Crippen MR) is 83.9 cm³/mol. The Morgan fingerprint density at radius 2 is 2.05 bits per heavy atom. The zero-order valence-corrected chi connectivity index (χ0v) is 12.9. The minimum Gasteiger partial charge on any atom is -0.338 e. The van der Waals surface area contributed by atoms with Crippen LogP contribution in [0.4, 0.5) is 5.95 Å². The van der Waals surface area contributed by atoms with E-state index >= 15 is 0 Å². The summed E-state index contributed by atoms with van der Waals surface area (Å²) >= 11 is 0. The van der Waals surface area contributed by atoms with Crippen molar-refractivity contribution < 1.29 is 0 Å². The smallest absolute Gasteiger partial charge is 0.225 e. The van der Waals surface area contributed by atoms with Gasteiger partial charge >= 0.3 is 0 Å². The summed E-state index contributed by atoms with van der Waals surface area (Å²) < 4.78 is 0. The molecule has 0 bridgehead atoms. The molecule has 2 rings (SSSR count). The molecule has 1 aliphatic rings. The van der Waals surface area contributed by atoms with Gasteiger partial charge in [-0.2, -0.15) is 0 Å². The largest absolute Gasteiger partial charge is 0.338 e. The van der Waals surface area contributed by atoms with Crippen LogP contribution in [0.15, 0.2) is 12.4 Å². The van der Waals surface area contributed by atoms with Crippen LogP contribution in [0, 0.1) is 0 Å². The molecule has 0 aromatic carbocycles. The lowest BCUT2D eigenvalue weighted by molar-refractivity contribution is 0.428. The van der Waals surface area contributed by atoms with Gasteiger partial charge in [0.1, 0.15) is 0 Å². The molecule has 0 saturated carbocycles. The Morgan fingerprint density at radius 1 is 1.30 bits per heavy atom. The zero-order valence-electron chi connectivity index (χ0n) is 12.9. The molecule has 2 atom stereocenters. The first-order valence-corrected chi connectivity index (χ1v) is 8.07. The number of hydrogen-bond donors (Lipinski definition) is 1. The molecular formula is C16H28N4. The van der Waals surface area contributed by atoms with Gasteiger partial charge in [0.05, 0.1) is 0 Å². The Kier molecular flexibility index (Phi) is 5.77. The van der Waals surface area contributed by atoms with Crippen molar-refractivity contribution in [2.24, 2.45) is 5.73 Å². The van der Waals surface area contributed by atoms with E-state index in [2.05, 4.69) is 28.7 Å². The molecule has 1 aromatic rings. The minimum atomic E-state index is 0.215. The summed E-state index contributed by atoms with van der Waals surface area (Å²) in [6.45, 7) is 5.46. The lowest BCUT2D eigenvalue weighted by atomic mass is 9.99. The van der Waals surface area contributed by atoms with Gasteiger partial charge in [0, 0.05) is 31.0 Å². The molecule has 0 amide bonds. The first-order chi connectivity index (χ1) is 9.74. The monoisotopic (exact) mass is 276 g/mol. The number of hydrogen-bond acceptors (Lipinski definition) is 4. The Balaban J connectivity index is 2.03. The maximum Gasteiger partial charge on any atom is 0.225 e. The molecule has 2 heterocycles. The van der Waals surface area contributed by atoms with Gasteiger partial charge in [-0.25, -0.2) is 9.97 Å². The van der Waals surface area contributed by atoms with Crippen LogP contribution in [-0.4, -0.2) is 28.6 Å². The van der Waals surface area contributed by atoms with Crippen LogP contribution in [0.2, 0.25) is 0 Å². The predicted octanol–water partition coefficient (Wildman–Crippen LogP) is 2.92. The molecule has 112 valence electrons. The number of piperidine rings is 1. The van der Waals surface area contributed by atoms with E-state index in [4.69, 9.17) is 5.73 Å². The topological polar surface area (TPSA) is 55.0 Å². The fraction of sp³-hybridized carbons (Fsp3) is 0.750. The van der Waals surface area contributed by atoms with Crippen molar-refractivity contribution in [1.82, 2.24) is 9.97 Å². The molecule has 1 saturated heterocycles. The van der Waals surface area contributed by atoms with E-state index in [9.17, 15) is 0 Å². The van der Waals surface area contributed by atoms with Crippen molar-refractivity contribution in [3.8, 4) is 0 Å². The minimum absolute atomic E-state index is 0.215. The van der Waals surface area contributed by atoms with E-state index < -0.39 is 0 Å². The van der Waals surface area contributed by atoms with Crippen molar-refractivity contribution in [3.05, 3.63) is 18.0 Å². The number of anilines is 1. The second-order valence-electron chi connectivity index (χ2n) is 5.90. The highest BCUT2D eigenvalue weighted by molar-refractivity contribution is 5.32. The van der Waals surface area contributed by atoms with Crippen LogP contribution in [0.5, 0.6) is 0 Å². The SMILES string of the molecule is CCCC1CCCCN1c1ncc(CC(N)CC)cn1. The summed E-state index contributed by atoms with van der Waals surface area (Å²) in [6.07, 6.45) is 12.1. The summed E-state index contributed by atoms with van der Waals surface area (Å²) in [4.78, 5) is 11.6. The second kappa shape index (κ2) is 7.58. The van der Waals surface area contributed by atoms with Crippen LogP contribution in [-0.2, 0) is 6.42 Å². The average Bonchev–Trinajstić information content (AvgIpc) is 2.49. The van der Waals surface area contributed by atoms with E-state index in [1.807, 2.05) is 12.4 Å². The summed E-state index contributed by atoms with van der Waals surface area (Å²) in [6, 6.07) is 0.838. The third-order valence-electron chi connectivity index (χ3n) is 4.22. The molecule has 0 spiro atoms. The maximum absolute atomic E-state index is 5.98. The summed E-state index contributed by atoms with van der Waals surface area (Å²) in [5.41, 5.74) is 7.13. The Morgan fingerprint density at radius 3 is 2.70 bits per heavy atom. The summed E-state index contributed by atoms with van der Waals surface area (Å²) in [5.74, 6) is 0.900. The molecule has 0 radical (unpaired) electrons. The van der Waals surface area contributed by atoms with Gasteiger partial charge < -0.3 is 10.6 Å². The summed E-state index contributed by atoms with van der Waals surface area (Å²) in [7, 11) is 0. The van der Waals surface area contributed by atoms with Gasteiger partial charge in [-0.1, -0.05) is 20.3 Å². The Bertz CT molecular complexity index is 388. The number of aromatic nitrogens is 2. The number of nitrogens with two attached hydrogens (primary N) is 1. The van der Waals surface area contributed by atoms with E-state index in [1.54, 1.807) is 0 Å². The highest BCUT2D eigenvalue weighted by atomic mass is 15.3. The lowest BCUT2D eigenvalue weighted by Crippen LogP contribution is -2.40. The van der Waals surface area contributed by atoms with Crippen molar-refractivity contribution in [2.45, 2.75) is 70.9 Å². The van der Waals surface area contributed by atoms with E-state index in [1.165, 1.54) is 32.1 Å². The van der Waals surface area contributed by atoms with Crippen molar-refractivity contribution in [1.29, 1.82) is 0 Å². The third kappa shape index (κ3) is 3.92. The molecule has 4 nitrogen and oxygen atoms in total. The van der Waals surface area contributed by atoms with Crippen LogP contribution >= 0.6 is 0 Å². The molecule has 20 heavy (non-hydrogen) atoms. The van der Waals surface area contributed by atoms with Gasteiger partial charge in [0.15, 0.2) is 0 Å². The van der Waals surface area contributed by atoms with E-state index in [-0.39, 0.29) is 6.04 Å². The Labute approximate surface area is 122 Å². The first-order valence-electron chi connectivity index (χ1n) is 8.07. The molecule has 0 aliphatic carbocycles. The second-order valence-corrected chi connectivity index (χ2v) is 5.90. The first kappa shape index (κ1) is 15.2. The fourth-order valence-corrected chi connectivity index (χ4v) is 2.95. The normalized spacial score (nSPS) is 20.9. The third-order valence-corrected chi connectivity index (χ3v) is 4.22. The average molecular weight is 276 g/mol. The van der Waals surface area contributed by atoms with Crippen molar-refractivity contribution in [2.75, 3.05) is 11.4 Å². The van der Waals surface area contributed by atoms with Crippen LogP contribution in [0.3, 0.4) is 0 Å². The fourth-order valence-electron chi connectivity index (χ4n) is 2.95. The van der Waals surface area contributed by atoms with Crippen molar-refractivity contribution in [3.63, 3.8) is 0 Å². The molecular weight excluding hydrogens is 248 g/mol. The van der Waals surface area contributed by atoms with E-state index in [0.717, 1.165) is 30.9 Å². The molecule has 1 fully saturated rings. The van der Waals surface area contributed by atoms with Gasteiger partial charge in [0.25, 0.3) is 0 Å². The molecule has 2 unspecified atom stereocenters. The maximum atomic E-state index is 5.98.